The third-order valence-corrected chi connectivity index (χ3v) is 2.78. The van der Waals surface area contributed by atoms with Crippen molar-refractivity contribution in [3.05, 3.63) is 29.3 Å². The monoisotopic (exact) mass is 220 g/mol. The number of amides is 1. The van der Waals surface area contributed by atoms with Crippen LogP contribution in [-0.2, 0) is 17.6 Å². The van der Waals surface area contributed by atoms with Crippen molar-refractivity contribution in [3.63, 3.8) is 0 Å². The highest BCUT2D eigenvalue weighted by Gasteiger charge is 2.11. The maximum Gasteiger partial charge on any atom is 0.233 e. The molecule has 0 saturated heterocycles. The van der Waals surface area contributed by atoms with Crippen LogP contribution in [0.3, 0.4) is 0 Å². The molecule has 0 bridgehead atoms. The minimum atomic E-state index is -0.107. The Hall–Kier alpha value is -1.55. The second-order valence-electron chi connectivity index (χ2n) is 3.96. The van der Waals surface area contributed by atoms with Gasteiger partial charge in [-0.2, -0.15) is 0 Å². The quantitative estimate of drug-likeness (QED) is 0.451. The summed E-state index contributed by atoms with van der Waals surface area (Å²) in [5, 5.41) is 0. The number of nitrogens with two attached hydrogens (primary N) is 1. The van der Waals surface area contributed by atoms with Gasteiger partial charge in [0.1, 0.15) is 5.75 Å². The number of carbonyl (C=O) groups excluding carboxylic acids is 1. The summed E-state index contributed by atoms with van der Waals surface area (Å²) in [5.74, 6) is 5.91. The fourth-order valence-corrected chi connectivity index (χ4v) is 1.92. The molecule has 16 heavy (non-hydrogen) atoms. The van der Waals surface area contributed by atoms with Crippen molar-refractivity contribution in [1.29, 1.82) is 0 Å². The number of carbonyl (C=O) groups is 1. The zero-order chi connectivity index (χ0) is 11.4. The molecule has 4 nitrogen and oxygen atoms in total. The van der Waals surface area contributed by atoms with Gasteiger partial charge in [-0.25, -0.2) is 5.84 Å². The van der Waals surface area contributed by atoms with Crippen molar-refractivity contribution in [1.82, 2.24) is 5.43 Å². The molecule has 4 heteroatoms. The molecular formula is C12H16N2O2. The van der Waals surface area contributed by atoms with Crippen molar-refractivity contribution < 1.29 is 9.53 Å². The Bertz CT molecular complexity index is 391. The van der Waals surface area contributed by atoms with Gasteiger partial charge < -0.3 is 4.74 Å². The molecule has 86 valence electrons. The van der Waals surface area contributed by atoms with Crippen LogP contribution in [0.1, 0.15) is 24.0 Å². The van der Waals surface area contributed by atoms with Gasteiger partial charge in [-0.05, 0) is 30.0 Å². The lowest BCUT2D eigenvalue weighted by Crippen LogP contribution is -2.29. The first kappa shape index (κ1) is 11.0. The number of aryl methyl sites for hydroxylation is 1. The molecule has 1 heterocycles. The molecular weight excluding hydrogens is 204 g/mol. The van der Waals surface area contributed by atoms with E-state index in [4.69, 9.17) is 10.6 Å². The number of hydrazine groups is 1. The second kappa shape index (κ2) is 4.99. The van der Waals surface area contributed by atoms with E-state index in [-0.39, 0.29) is 5.91 Å². The van der Waals surface area contributed by atoms with Gasteiger partial charge in [-0.3, -0.25) is 10.2 Å². The number of fused-ring (bicyclic) bond motifs is 1. The first-order chi connectivity index (χ1) is 7.79. The molecule has 3 N–H and O–H groups in total. The fraction of sp³-hybridized carbons (Fsp3) is 0.417. The van der Waals surface area contributed by atoms with E-state index in [1.54, 1.807) is 0 Å². The van der Waals surface area contributed by atoms with Crippen LogP contribution in [-0.4, -0.2) is 12.5 Å². The summed E-state index contributed by atoms with van der Waals surface area (Å²) in [4.78, 5) is 10.9. The highest BCUT2D eigenvalue weighted by atomic mass is 16.5. The van der Waals surface area contributed by atoms with E-state index in [1.807, 2.05) is 6.07 Å². The van der Waals surface area contributed by atoms with Gasteiger partial charge in [0, 0.05) is 12.8 Å². The van der Waals surface area contributed by atoms with E-state index in [0.29, 0.717) is 6.42 Å². The highest BCUT2D eigenvalue weighted by Crippen LogP contribution is 2.26. The molecule has 0 aromatic heterocycles. The Morgan fingerprint density at radius 1 is 1.50 bits per heavy atom. The molecule has 0 aliphatic carbocycles. The Morgan fingerprint density at radius 3 is 3.19 bits per heavy atom. The van der Waals surface area contributed by atoms with Crippen LogP contribution in [0.25, 0.3) is 0 Å². The molecule has 0 saturated carbocycles. The molecule has 2 rings (SSSR count). The third kappa shape index (κ3) is 2.52. The van der Waals surface area contributed by atoms with E-state index in [1.165, 1.54) is 11.1 Å². The molecule has 0 unspecified atom stereocenters. The van der Waals surface area contributed by atoms with Gasteiger partial charge in [0.05, 0.1) is 6.61 Å². The molecule has 0 fully saturated rings. The summed E-state index contributed by atoms with van der Waals surface area (Å²) in [6.07, 6.45) is 3.19. The average molecular weight is 220 g/mol. The van der Waals surface area contributed by atoms with Crippen molar-refractivity contribution >= 4 is 5.91 Å². The lowest BCUT2D eigenvalue weighted by Gasteiger charge is -2.04. The molecule has 1 aromatic rings. The average Bonchev–Trinajstić information content (AvgIpc) is 2.76. The Kier molecular flexibility index (Phi) is 3.41. The number of hydrogen-bond donors (Lipinski definition) is 2. The lowest BCUT2D eigenvalue weighted by atomic mass is 10.0. The van der Waals surface area contributed by atoms with Crippen LogP contribution in [0.15, 0.2) is 18.2 Å². The number of ether oxygens (including phenoxy) is 1. The van der Waals surface area contributed by atoms with E-state index in [0.717, 1.165) is 31.6 Å². The first-order valence-electron chi connectivity index (χ1n) is 5.53. The fourth-order valence-electron chi connectivity index (χ4n) is 1.92. The van der Waals surface area contributed by atoms with Gasteiger partial charge in [-0.15, -0.1) is 0 Å². The van der Waals surface area contributed by atoms with Crippen LogP contribution in [0, 0.1) is 0 Å². The molecule has 0 atom stereocenters. The molecule has 0 spiro atoms. The SMILES string of the molecule is NNC(=O)CCCc1ccc2c(c1)CCO2. The summed E-state index contributed by atoms with van der Waals surface area (Å²) in [6.45, 7) is 0.786. The van der Waals surface area contributed by atoms with Gasteiger partial charge >= 0.3 is 0 Å². The molecule has 1 aromatic carbocycles. The van der Waals surface area contributed by atoms with Crippen molar-refractivity contribution in [2.24, 2.45) is 5.84 Å². The predicted molar refractivity (Wildman–Crippen MR) is 60.9 cm³/mol. The van der Waals surface area contributed by atoms with Crippen LogP contribution >= 0.6 is 0 Å². The number of rotatable bonds is 4. The summed E-state index contributed by atoms with van der Waals surface area (Å²) >= 11 is 0. The van der Waals surface area contributed by atoms with Crippen molar-refractivity contribution in [2.75, 3.05) is 6.61 Å². The zero-order valence-electron chi connectivity index (χ0n) is 9.16. The predicted octanol–water partition coefficient (Wildman–Crippen LogP) is 0.934. The summed E-state index contributed by atoms with van der Waals surface area (Å²) in [7, 11) is 0. The topological polar surface area (TPSA) is 64.3 Å². The molecule has 1 aliphatic rings. The van der Waals surface area contributed by atoms with Gasteiger partial charge in [0.15, 0.2) is 0 Å². The van der Waals surface area contributed by atoms with E-state index in [2.05, 4.69) is 17.6 Å². The Labute approximate surface area is 94.8 Å². The molecule has 0 radical (unpaired) electrons. The van der Waals surface area contributed by atoms with Gasteiger partial charge in [0.2, 0.25) is 5.91 Å². The highest BCUT2D eigenvalue weighted by molar-refractivity contribution is 5.75. The summed E-state index contributed by atoms with van der Waals surface area (Å²) in [5.41, 5.74) is 4.67. The molecule has 1 aliphatic heterocycles. The lowest BCUT2D eigenvalue weighted by molar-refractivity contribution is -0.121. The Balaban J connectivity index is 1.88. The van der Waals surface area contributed by atoms with E-state index in [9.17, 15) is 4.79 Å². The second-order valence-corrected chi connectivity index (χ2v) is 3.96. The normalized spacial score (nSPS) is 13.1. The first-order valence-corrected chi connectivity index (χ1v) is 5.53. The minimum Gasteiger partial charge on any atom is -0.493 e. The number of hydrogen-bond acceptors (Lipinski definition) is 3. The van der Waals surface area contributed by atoms with Crippen LogP contribution in [0.2, 0.25) is 0 Å². The summed E-state index contributed by atoms with van der Waals surface area (Å²) in [6, 6.07) is 6.24. The third-order valence-electron chi connectivity index (χ3n) is 2.78. The maximum atomic E-state index is 10.9. The standard InChI is InChI=1S/C12H16N2O2/c13-14-12(15)3-1-2-9-4-5-11-10(8-9)6-7-16-11/h4-5,8H,1-3,6-7,13H2,(H,14,15). The maximum absolute atomic E-state index is 10.9. The van der Waals surface area contributed by atoms with Crippen molar-refractivity contribution in [3.8, 4) is 5.75 Å². The number of nitrogens with one attached hydrogen (secondary N) is 1. The van der Waals surface area contributed by atoms with Gasteiger partial charge in [-0.1, -0.05) is 12.1 Å². The smallest absolute Gasteiger partial charge is 0.233 e. The van der Waals surface area contributed by atoms with Crippen molar-refractivity contribution in [2.45, 2.75) is 25.7 Å². The summed E-state index contributed by atoms with van der Waals surface area (Å²) < 4.78 is 5.43. The van der Waals surface area contributed by atoms with E-state index < -0.39 is 0 Å². The Morgan fingerprint density at radius 2 is 2.38 bits per heavy atom. The van der Waals surface area contributed by atoms with Crippen LogP contribution < -0.4 is 16.0 Å². The van der Waals surface area contributed by atoms with Crippen LogP contribution in [0.5, 0.6) is 5.75 Å². The van der Waals surface area contributed by atoms with E-state index >= 15 is 0 Å². The largest absolute Gasteiger partial charge is 0.493 e. The van der Waals surface area contributed by atoms with Crippen LogP contribution in [0.4, 0.5) is 0 Å². The molecule has 1 amide bonds. The van der Waals surface area contributed by atoms with Gasteiger partial charge in [0.25, 0.3) is 0 Å². The minimum absolute atomic E-state index is 0.107. The zero-order valence-corrected chi connectivity index (χ0v) is 9.16. The number of benzene rings is 1.